The average Bonchev–Trinajstić information content (AvgIpc) is 2.61. The summed E-state index contributed by atoms with van der Waals surface area (Å²) in [6.45, 7) is 1.34. The van der Waals surface area contributed by atoms with Crippen LogP contribution in [0.25, 0.3) is 10.9 Å². The number of carbonyl (C=O) groups excluding carboxylic acids is 1. The molecule has 0 aliphatic rings. The number of anilines is 1. The quantitative estimate of drug-likeness (QED) is 0.736. The highest BCUT2D eigenvalue weighted by Gasteiger charge is 2.17. The molecule has 2 aromatic carbocycles. The summed E-state index contributed by atoms with van der Waals surface area (Å²) in [5.41, 5.74) is 1.81. The van der Waals surface area contributed by atoms with Gasteiger partial charge in [0.05, 0.1) is 22.6 Å². The van der Waals surface area contributed by atoms with Gasteiger partial charge in [0.1, 0.15) is 0 Å². The highest BCUT2D eigenvalue weighted by atomic mass is 32.2. The molecule has 2 N–H and O–H groups in total. The molecule has 6 nitrogen and oxygen atoms in total. The first-order valence-corrected chi connectivity index (χ1v) is 9.14. The highest BCUT2D eigenvalue weighted by Crippen LogP contribution is 2.20. The number of aryl methyl sites for hydroxylation is 1. The van der Waals surface area contributed by atoms with Crippen LogP contribution >= 0.6 is 0 Å². The lowest BCUT2D eigenvalue weighted by atomic mass is 10.2. The van der Waals surface area contributed by atoms with Crippen LogP contribution < -0.4 is 10.0 Å². The number of para-hydroxylation sites is 1. The number of hydrogen-bond donors (Lipinski definition) is 2. The predicted molar refractivity (Wildman–Crippen MR) is 96.7 cm³/mol. The van der Waals surface area contributed by atoms with Crippen LogP contribution in [-0.4, -0.2) is 25.9 Å². The van der Waals surface area contributed by atoms with Gasteiger partial charge >= 0.3 is 0 Å². The molecule has 1 aromatic heterocycles. The average molecular weight is 355 g/mol. The van der Waals surface area contributed by atoms with Crippen molar-refractivity contribution in [2.45, 2.75) is 11.8 Å². The number of aromatic nitrogens is 1. The van der Waals surface area contributed by atoms with E-state index in [1.165, 1.54) is 6.07 Å². The summed E-state index contributed by atoms with van der Waals surface area (Å²) in [7, 11) is -3.75. The molecule has 1 heterocycles. The van der Waals surface area contributed by atoms with Crippen molar-refractivity contribution in [1.29, 1.82) is 0 Å². The van der Waals surface area contributed by atoms with E-state index in [2.05, 4.69) is 15.0 Å². The van der Waals surface area contributed by atoms with E-state index < -0.39 is 15.9 Å². The van der Waals surface area contributed by atoms with Crippen molar-refractivity contribution in [2.24, 2.45) is 0 Å². The van der Waals surface area contributed by atoms with E-state index in [-0.39, 0.29) is 11.4 Å². The summed E-state index contributed by atoms with van der Waals surface area (Å²) in [5.74, 6) is -0.463. The molecule has 0 unspecified atom stereocenters. The molecule has 0 atom stereocenters. The number of amides is 1. The van der Waals surface area contributed by atoms with Gasteiger partial charge in [0.25, 0.3) is 0 Å². The van der Waals surface area contributed by atoms with Gasteiger partial charge in [0.2, 0.25) is 15.9 Å². The topological polar surface area (TPSA) is 88.2 Å². The van der Waals surface area contributed by atoms with Crippen LogP contribution in [0.15, 0.2) is 65.7 Å². The molecule has 3 aromatic rings. The Hall–Kier alpha value is -2.77. The number of hydrogen-bond acceptors (Lipinski definition) is 4. The van der Waals surface area contributed by atoms with Crippen molar-refractivity contribution in [3.8, 4) is 0 Å². The van der Waals surface area contributed by atoms with Gasteiger partial charge in [0, 0.05) is 11.6 Å². The standard InChI is InChI=1S/C18H17N3O3S/c1-13-6-2-3-10-16(13)25(23,24)20-12-17(22)21-15-9-4-7-14-8-5-11-19-18(14)15/h2-11,20H,12H2,1H3,(H,21,22). The number of carbonyl (C=O) groups is 1. The second kappa shape index (κ2) is 7.00. The van der Waals surface area contributed by atoms with E-state index in [0.29, 0.717) is 16.8 Å². The monoisotopic (exact) mass is 355 g/mol. The van der Waals surface area contributed by atoms with Crippen molar-refractivity contribution in [2.75, 3.05) is 11.9 Å². The fourth-order valence-corrected chi connectivity index (χ4v) is 3.72. The maximum absolute atomic E-state index is 12.3. The second-order valence-corrected chi connectivity index (χ2v) is 7.25. The van der Waals surface area contributed by atoms with Crippen LogP contribution in [0, 0.1) is 6.92 Å². The molecular weight excluding hydrogens is 338 g/mol. The molecule has 128 valence electrons. The third-order valence-electron chi connectivity index (χ3n) is 3.71. The molecule has 0 fully saturated rings. The fraction of sp³-hybridized carbons (Fsp3) is 0.111. The third kappa shape index (κ3) is 3.84. The molecule has 0 saturated heterocycles. The zero-order valence-corrected chi connectivity index (χ0v) is 14.4. The molecule has 1 amide bonds. The SMILES string of the molecule is Cc1ccccc1S(=O)(=O)NCC(=O)Nc1cccc2cccnc12. The maximum atomic E-state index is 12.3. The summed E-state index contributed by atoms with van der Waals surface area (Å²) in [6, 6.07) is 15.7. The minimum Gasteiger partial charge on any atom is -0.323 e. The van der Waals surface area contributed by atoms with E-state index >= 15 is 0 Å². The molecule has 3 rings (SSSR count). The Balaban J connectivity index is 1.72. The largest absolute Gasteiger partial charge is 0.323 e. The lowest BCUT2D eigenvalue weighted by Gasteiger charge is -2.10. The number of nitrogens with one attached hydrogen (secondary N) is 2. The molecular formula is C18H17N3O3S. The Labute approximate surface area is 146 Å². The fourth-order valence-electron chi connectivity index (χ4n) is 2.50. The molecule has 0 saturated carbocycles. The Bertz CT molecular complexity index is 1030. The lowest BCUT2D eigenvalue weighted by molar-refractivity contribution is -0.115. The van der Waals surface area contributed by atoms with E-state index in [1.54, 1.807) is 43.5 Å². The molecule has 0 aliphatic carbocycles. The van der Waals surface area contributed by atoms with Crippen molar-refractivity contribution in [3.05, 3.63) is 66.4 Å². The van der Waals surface area contributed by atoms with Crippen LogP contribution in [0.2, 0.25) is 0 Å². The first-order chi connectivity index (χ1) is 12.0. The van der Waals surface area contributed by atoms with Gasteiger partial charge in [0.15, 0.2) is 0 Å². The Morgan fingerprint density at radius 2 is 1.80 bits per heavy atom. The van der Waals surface area contributed by atoms with Crippen molar-refractivity contribution in [3.63, 3.8) is 0 Å². The van der Waals surface area contributed by atoms with Crippen LogP contribution in [0.5, 0.6) is 0 Å². The lowest BCUT2D eigenvalue weighted by Crippen LogP contribution is -2.33. The molecule has 0 aliphatic heterocycles. The minimum absolute atomic E-state index is 0.162. The number of benzene rings is 2. The number of fused-ring (bicyclic) bond motifs is 1. The maximum Gasteiger partial charge on any atom is 0.241 e. The molecule has 0 bridgehead atoms. The first kappa shape index (κ1) is 17.1. The molecule has 7 heteroatoms. The van der Waals surface area contributed by atoms with Crippen LogP contribution in [-0.2, 0) is 14.8 Å². The Morgan fingerprint density at radius 3 is 2.60 bits per heavy atom. The summed E-state index contributed by atoms with van der Waals surface area (Å²) >= 11 is 0. The van der Waals surface area contributed by atoms with E-state index in [4.69, 9.17) is 0 Å². The van der Waals surface area contributed by atoms with Crippen molar-refractivity contribution < 1.29 is 13.2 Å². The Morgan fingerprint density at radius 1 is 1.04 bits per heavy atom. The number of sulfonamides is 1. The number of rotatable bonds is 5. The summed E-state index contributed by atoms with van der Waals surface area (Å²) in [5, 5.41) is 3.58. The number of pyridine rings is 1. The first-order valence-electron chi connectivity index (χ1n) is 7.66. The van der Waals surface area contributed by atoms with Gasteiger partial charge in [-0.15, -0.1) is 0 Å². The van der Waals surface area contributed by atoms with Gasteiger partial charge in [-0.2, -0.15) is 0 Å². The summed E-state index contributed by atoms with van der Waals surface area (Å²) in [4.78, 5) is 16.6. The molecule has 0 radical (unpaired) electrons. The van der Waals surface area contributed by atoms with Crippen LogP contribution in [0.4, 0.5) is 5.69 Å². The van der Waals surface area contributed by atoms with Crippen LogP contribution in [0.3, 0.4) is 0 Å². The summed E-state index contributed by atoms with van der Waals surface area (Å²) in [6.07, 6.45) is 1.64. The van der Waals surface area contributed by atoms with Gasteiger partial charge in [-0.05, 0) is 30.7 Å². The van der Waals surface area contributed by atoms with Crippen molar-refractivity contribution in [1.82, 2.24) is 9.71 Å². The highest BCUT2D eigenvalue weighted by molar-refractivity contribution is 7.89. The number of nitrogens with zero attached hydrogens (tertiary/aromatic N) is 1. The van der Waals surface area contributed by atoms with E-state index in [9.17, 15) is 13.2 Å². The zero-order valence-electron chi connectivity index (χ0n) is 13.6. The normalized spacial score (nSPS) is 11.4. The molecule has 0 spiro atoms. The zero-order chi connectivity index (χ0) is 17.9. The van der Waals surface area contributed by atoms with Gasteiger partial charge in [-0.3, -0.25) is 9.78 Å². The predicted octanol–water partition coefficient (Wildman–Crippen LogP) is 2.46. The third-order valence-corrected chi connectivity index (χ3v) is 5.27. The van der Waals surface area contributed by atoms with Gasteiger partial charge in [-0.25, -0.2) is 13.1 Å². The summed E-state index contributed by atoms with van der Waals surface area (Å²) < 4.78 is 27.0. The Kier molecular flexibility index (Phi) is 4.78. The smallest absolute Gasteiger partial charge is 0.241 e. The van der Waals surface area contributed by atoms with Gasteiger partial charge < -0.3 is 5.32 Å². The second-order valence-electron chi connectivity index (χ2n) is 5.52. The van der Waals surface area contributed by atoms with Crippen LogP contribution in [0.1, 0.15) is 5.56 Å². The molecule has 25 heavy (non-hydrogen) atoms. The van der Waals surface area contributed by atoms with Gasteiger partial charge in [-0.1, -0.05) is 36.4 Å². The van der Waals surface area contributed by atoms with E-state index in [1.807, 2.05) is 18.2 Å². The van der Waals surface area contributed by atoms with E-state index in [0.717, 1.165) is 5.39 Å². The minimum atomic E-state index is -3.75. The van der Waals surface area contributed by atoms with Crippen molar-refractivity contribution >= 4 is 32.5 Å².